The molecule has 0 saturated carbocycles. The first kappa shape index (κ1) is 11.8. The van der Waals surface area contributed by atoms with Gasteiger partial charge in [0.2, 0.25) is 0 Å². The maximum atomic E-state index is 12.5. The molecule has 0 aliphatic rings. The molecule has 0 unspecified atom stereocenters. The van der Waals surface area contributed by atoms with Gasteiger partial charge in [0.1, 0.15) is 5.15 Å². The Labute approximate surface area is 98.2 Å². The number of alkyl halides is 3. The Morgan fingerprint density at radius 3 is 2.53 bits per heavy atom. The third-order valence-electron chi connectivity index (χ3n) is 2.10. The zero-order valence-corrected chi connectivity index (χ0v) is 8.88. The number of hydrogen-bond donors (Lipinski definition) is 0. The molecule has 0 spiro atoms. The summed E-state index contributed by atoms with van der Waals surface area (Å²) in [7, 11) is 0. The number of aromatic nitrogens is 2. The first-order valence-corrected chi connectivity index (χ1v) is 4.79. The van der Waals surface area contributed by atoms with Crippen LogP contribution in [0.15, 0.2) is 18.2 Å². The lowest BCUT2D eigenvalue weighted by Gasteiger charge is -2.08. The van der Waals surface area contributed by atoms with Gasteiger partial charge in [0.05, 0.1) is 11.1 Å². The van der Waals surface area contributed by atoms with Gasteiger partial charge in [-0.05, 0) is 18.2 Å². The van der Waals surface area contributed by atoms with Crippen molar-refractivity contribution in [3.8, 4) is 0 Å². The maximum Gasteiger partial charge on any atom is 0.416 e. The lowest BCUT2D eigenvalue weighted by Crippen LogP contribution is -2.05. The Kier molecular flexibility index (Phi) is 2.74. The van der Waals surface area contributed by atoms with Crippen molar-refractivity contribution in [2.24, 2.45) is 0 Å². The van der Waals surface area contributed by atoms with Crippen molar-refractivity contribution in [2.45, 2.75) is 6.18 Å². The molecular formula is C10H4ClF3N2O. The normalized spacial score (nSPS) is 11.8. The van der Waals surface area contributed by atoms with Gasteiger partial charge in [-0.2, -0.15) is 13.2 Å². The minimum Gasteiger partial charge on any atom is -0.294 e. The van der Waals surface area contributed by atoms with E-state index in [0.29, 0.717) is 6.29 Å². The van der Waals surface area contributed by atoms with Gasteiger partial charge in [-0.1, -0.05) is 11.6 Å². The van der Waals surface area contributed by atoms with Crippen LogP contribution in [0.1, 0.15) is 16.2 Å². The summed E-state index contributed by atoms with van der Waals surface area (Å²) in [5.74, 6) is -0.165. The van der Waals surface area contributed by atoms with Crippen LogP contribution in [0, 0.1) is 0 Å². The van der Waals surface area contributed by atoms with Crippen LogP contribution < -0.4 is 0 Å². The van der Waals surface area contributed by atoms with E-state index in [9.17, 15) is 18.0 Å². The summed E-state index contributed by atoms with van der Waals surface area (Å²) in [6, 6.07) is 2.88. The van der Waals surface area contributed by atoms with Gasteiger partial charge in [0.15, 0.2) is 12.1 Å². The smallest absolute Gasteiger partial charge is 0.294 e. The molecule has 0 saturated heterocycles. The fourth-order valence-electron chi connectivity index (χ4n) is 1.34. The second kappa shape index (κ2) is 3.96. The summed E-state index contributed by atoms with van der Waals surface area (Å²) in [4.78, 5) is 17.8. The topological polar surface area (TPSA) is 42.9 Å². The van der Waals surface area contributed by atoms with Crippen LogP contribution in [0.4, 0.5) is 13.2 Å². The van der Waals surface area contributed by atoms with Gasteiger partial charge in [-0.3, -0.25) is 4.79 Å². The molecule has 17 heavy (non-hydrogen) atoms. The monoisotopic (exact) mass is 260 g/mol. The predicted octanol–water partition coefficient (Wildman–Crippen LogP) is 3.11. The number of halogens is 4. The summed E-state index contributed by atoms with van der Waals surface area (Å²) >= 11 is 5.69. The van der Waals surface area contributed by atoms with Crippen molar-refractivity contribution < 1.29 is 18.0 Å². The van der Waals surface area contributed by atoms with Crippen molar-refractivity contribution >= 4 is 28.8 Å². The highest BCUT2D eigenvalue weighted by molar-refractivity contribution is 6.34. The highest BCUT2D eigenvalue weighted by Crippen LogP contribution is 2.32. The Bertz CT molecular complexity index is 598. The van der Waals surface area contributed by atoms with E-state index in [2.05, 4.69) is 9.97 Å². The standard InChI is InChI=1S/C10H4ClF3N2O/c11-9-6-3-5(10(12,13)14)1-2-7(6)15-8(4-17)16-9/h1-4H. The molecule has 0 N–H and O–H groups in total. The first-order valence-electron chi connectivity index (χ1n) is 4.41. The summed E-state index contributed by atoms with van der Waals surface area (Å²) in [5.41, 5.74) is -0.644. The van der Waals surface area contributed by atoms with Gasteiger partial charge >= 0.3 is 6.18 Å². The van der Waals surface area contributed by atoms with E-state index in [1.807, 2.05) is 0 Å². The Morgan fingerprint density at radius 1 is 1.24 bits per heavy atom. The lowest BCUT2D eigenvalue weighted by molar-refractivity contribution is -0.137. The third-order valence-corrected chi connectivity index (χ3v) is 2.39. The molecule has 88 valence electrons. The zero-order chi connectivity index (χ0) is 12.6. The minimum atomic E-state index is -4.46. The van der Waals surface area contributed by atoms with E-state index < -0.39 is 11.7 Å². The SMILES string of the molecule is O=Cc1nc(Cl)c2cc(C(F)(F)F)ccc2n1. The number of aldehydes is 1. The molecule has 1 heterocycles. The fraction of sp³-hybridized carbons (Fsp3) is 0.100. The average molecular weight is 261 g/mol. The fourth-order valence-corrected chi connectivity index (χ4v) is 1.57. The molecule has 3 nitrogen and oxygen atoms in total. The van der Waals surface area contributed by atoms with Crippen LogP contribution in [-0.2, 0) is 6.18 Å². The van der Waals surface area contributed by atoms with Crippen molar-refractivity contribution in [3.05, 3.63) is 34.7 Å². The maximum absolute atomic E-state index is 12.5. The third kappa shape index (κ3) is 2.21. The lowest BCUT2D eigenvalue weighted by atomic mass is 10.1. The molecule has 0 radical (unpaired) electrons. The molecule has 0 aliphatic heterocycles. The van der Waals surface area contributed by atoms with E-state index >= 15 is 0 Å². The van der Waals surface area contributed by atoms with E-state index in [-0.39, 0.29) is 21.9 Å². The van der Waals surface area contributed by atoms with E-state index in [1.54, 1.807) is 0 Å². The van der Waals surface area contributed by atoms with E-state index in [0.717, 1.165) is 18.2 Å². The molecule has 0 atom stereocenters. The molecule has 0 fully saturated rings. The van der Waals surface area contributed by atoms with Crippen molar-refractivity contribution in [2.75, 3.05) is 0 Å². The predicted molar refractivity (Wildman–Crippen MR) is 54.9 cm³/mol. The molecule has 0 amide bonds. The van der Waals surface area contributed by atoms with Crippen LogP contribution in [-0.4, -0.2) is 16.3 Å². The summed E-state index contributed by atoms with van der Waals surface area (Å²) in [5, 5.41) is -0.115. The van der Waals surface area contributed by atoms with Crippen molar-refractivity contribution in [1.29, 1.82) is 0 Å². The average Bonchev–Trinajstić information content (AvgIpc) is 2.27. The summed E-state index contributed by atoms with van der Waals surface area (Å²) in [6.07, 6.45) is -4.08. The van der Waals surface area contributed by atoms with Gasteiger partial charge in [0.25, 0.3) is 0 Å². The highest BCUT2D eigenvalue weighted by Gasteiger charge is 2.30. The summed E-state index contributed by atoms with van der Waals surface area (Å²) in [6.45, 7) is 0. The van der Waals surface area contributed by atoms with Gasteiger partial charge < -0.3 is 0 Å². The van der Waals surface area contributed by atoms with Crippen LogP contribution in [0.25, 0.3) is 10.9 Å². The minimum absolute atomic E-state index is 0.0621. The molecule has 2 rings (SSSR count). The van der Waals surface area contributed by atoms with Gasteiger partial charge in [0, 0.05) is 5.39 Å². The zero-order valence-electron chi connectivity index (χ0n) is 8.12. The van der Waals surface area contributed by atoms with Crippen molar-refractivity contribution in [1.82, 2.24) is 9.97 Å². The number of rotatable bonds is 1. The van der Waals surface area contributed by atoms with Crippen LogP contribution in [0.3, 0.4) is 0 Å². The largest absolute Gasteiger partial charge is 0.416 e. The highest BCUT2D eigenvalue weighted by atomic mass is 35.5. The molecule has 2 aromatic rings. The second-order valence-corrected chi connectivity index (χ2v) is 3.58. The van der Waals surface area contributed by atoms with Gasteiger partial charge in [-0.25, -0.2) is 9.97 Å². The number of benzene rings is 1. The molecule has 1 aromatic heterocycles. The number of hydrogen-bond acceptors (Lipinski definition) is 3. The Morgan fingerprint density at radius 2 is 1.94 bits per heavy atom. The van der Waals surface area contributed by atoms with E-state index in [4.69, 9.17) is 11.6 Å². The van der Waals surface area contributed by atoms with Gasteiger partial charge in [-0.15, -0.1) is 0 Å². The quantitative estimate of drug-likeness (QED) is 0.584. The molecule has 0 bridgehead atoms. The molecule has 1 aromatic carbocycles. The summed E-state index contributed by atoms with van der Waals surface area (Å²) < 4.78 is 37.4. The Hall–Kier alpha value is -1.69. The van der Waals surface area contributed by atoms with Crippen LogP contribution in [0.5, 0.6) is 0 Å². The van der Waals surface area contributed by atoms with E-state index in [1.165, 1.54) is 0 Å². The van der Waals surface area contributed by atoms with Crippen LogP contribution in [0.2, 0.25) is 5.15 Å². The van der Waals surface area contributed by atoms with Crippen LogP contribution >= 0.6 is 11.6 Å². The number of nitrogens with zero attached hydrogens (tertiary/aromatic N) is 2. The molecule has 7 heteroatoms. The first-order chi connectivity index (χ1) is 7.91. The number of fused-ring (bicyclic) bond motifs is 1. The Balaban J connectivity index is 2.71. The molecule has 0 aliphatic carbocycles. The molecular weight excluding hydrogens is 257 g/mol. The number of carbonyl (C=O) groups is 1. The number of carbonyl (C=O) groups excluding carboxylic acids is 1. The van der Waals surface area contributed by atoms with Crippen molar-refractivity contribution in [3.63, 3.8) is 0 Å². The second-order valence-electron chi connectivity index (χ2n) is 3.22.